The van der Waals surface area contributed by atoms with Crippen molar-refractivity contribution in [1.29, 1.82) is 0 Å². The third kappa shape index (κ3) is 74.0. The zero-order chi connectivity index (χ0) is 61.2. The van der Waals surface area contributed by atoms with Crippen molar-refractivity contribution in [3.8, 4) is 0 Å². The van der Waals surface area contributed by atoms with Crippen LogP contribution in [0.25, 0.3) is 0 Å². The van der Waals surface area contributed by atoms with Crippen LogP contribution < -0.4 is 0 Å². The lowest BCUT2D eigenvalue weighted by molar-refractivity contribution is -0.161. The molecule has 0 radical (unpaired) electrons. The first-order valence-electron chi connectivity index (χ1n) is 38.3. The summed E-state index contributed by atoms with van der Waals surface area (Å²) >= 11 is 0. The molecule has 0 aliphatic heterocycles. The molecule has 85 heavy (non-hydrogen) atoms. The molecule has 5 heteroatoms. The predicted molar refractivity (Wildman–Crippen MR) is 376 cm³/mol. The molecule has 0 amide bonds. The summed E-state index contributed by atoms with van der Waals surface area (Å²) in [6, 6.07) is 0. The standard InChI is InChI=1S/C80H148O5/c1-3-5-7-9-11-13-15-17-19-21-23-25-27-29-31-33-35-37-38-39-40-41-43-44-46-48-50-52-54-56-58-60-62-64-66-68-70-72-74-79(82)84-77-78(76-81)85-80(83)75-73-71-69-67-65-63-61-59-57-55-53-51-49-47-45-42-36-34-32-30-28-26-24-22-20-18-16-14-12-10-8-6-4-2/h6,8,12,14,18,20,24,26,30,32,78,81H,3-5,7,9-11,13,15-17,19,21-23,25,27-29,31,33-77H2,1-2H3/b8-6-,14-12-,20-18-,26-24-,32-30-. The number of aliphatic hydroxyl groups excluding tert-OH is 1. The van der Waals surface area contributed by atoms with E-state index < -0.39 is 6.10 Å². The summed E-state index contributed by atoms with van der Waals surface area (Å²) in [7, 11) is 0. The van der Waals surface area contributed by atoms with Crippen LogP contribution in [0.15, 0.2) is 60.8 Å². The first-order chi connectivity index (χ1) is 42.1. The van der Waals surface area contributed by atoms with Crippen molar-refractivity contribution >= 4 is 11.9 Å². The van der Waals surface area contributed by atoms with Gasteiger partial charge in [-0.2, -0.15) is 0 Å². The molecule has 0 rings (SSSR count). The van der Waals surface area contributed by atoms with Gasteiger partial charge < -0.3 is 14.6 Å². The molecule has 0 aliphatic rings. The predicted octanol–water partition coefficient (Wildman–Crippen LogP) is 26.8. The van der Waals surface area contributed by atoms with E-state index in [2.05, 4.69) is 74.6 Å². The van der Waals surface area contributed by atoms with Gasteiger partial charge in [-0.25, -0.2) is 0 Å². The Bertz CT molecular complexity index is 1440. The van der Waals surface area contributed by atoms with E-state index in [1.807, 2.05) is 0 Å². The highest BCUT2D eigenvalue weighted by Gasteiger charge is 2.16. The lowest BCUT2D eigenvalue weighted by Crippen LogP contribution is -2.28. The number of allylic oxidation sites excluding steroid dienone is 10. The lowest BCUT2D eigenvalue weighted by atomic mass is 10.0. The van der Waals surface area contributed by atoms with E-state index in [0.29, 0.717) is 12.8 Å². The van der Waals surface area contributed by atoms with Gasteiger partial charge in [0.15, 0.2) is 6.10 Å². The second-order valence-corrected chi connectivity index (χ2v) is 26.1. The zero-order valence-electron chi connectivity index (χ0n) is 57.4. The highest BCUT2D eigenvalue weighted by molar-refractivity contribution is 5.70. The minimum absolute atomic E-state index is 0.0608. The minimum atomic E-state index is -0.772. The van der Waals surface area contributed by atoms with Crippen molar-refractivity contribution in [3.05, 3.63) is 60.8 Å². The van der Waals surface area contributed by atoms with Crippen LogP contribution in [0, 0.1) is 0 Å². The monoisotopic (exact) mass is 1190 g/mol. The first-order valence-corrected chi connectivity index (χ1v) is 38.3. The maximum atomic E-state index is 12.4. The maximum Gasteiger partial charge on any atom is 0.306 e. The van der Waals surface area contributed by atoms with E-state index in [0.717, 1.165) is 64.2 Å². The fraction of sp³-hybridized carbons (Fsp3) is 0.850. The normalized spacial score (nSPS) is 12.5. The van der Waals surface area contributed by atoms with Crippen LogP contribution in [0.3, 0.4) is 0 Å². The van der Waals surface area contributed by atoms with Gasteiger partial charge in [0.1, 0.15) is 6.61 Å². The Kier molecular flexibility index (Phi) is 73.7. The molecule has 0 fully saturated rings. The smallest absolute Gasteiger partial charge is 0.306 e. The number of rotatable bonds is 72. The Hall–Kier alpha value is -2.40. The van der Waals surface area contributed by atoms with Crippen molar-refractivity contribution in [2.24, 2.45) is 0 Å². The Balaban J connectivity index is 3.37. The molecule has 0 bridgehead atoms. The molecule has 0 aromatic heterocycles. The van der Waals surface area contributed by atoms with E-state index in [4.69, 9.17) is 9.47 Å². The number of unbranched alkanes of at least 4 members (excludes halogenated alkanes) is 54. The average Bonchev–Trinajstić information content (AvgIpc) is 3.52. The molecule has 0 spiro atoms. The SMILES string of the molecule is CC/C=C\C/C=C\C/C=C\C/C=C\C/C=C\CCCCCCCCCCCCCCCCCCCC(=O)OC(CO)COC(=O)CCCCCCCCCCCCCCCCCCCCCCCCCCCCCCCCCCCCCCCC. The summed E-state index contributed by atoms with van der Waals surface area (Å²) in [6.07, 6.45) is 104. The number of aliphatic hydroxyl groups is 1. The molecule has 1 atom stereocenters. The second-order valence-electron chi connectivity index (χ2n) is 26.1. The quantitative estimate of drug-likeness (QED) is 0.0373. The summed E-state index contributed by atoms with van der Waals surface area (Å²) < 4.78 is 10.8. The van der Waals surface area contributed by atoms with Crippen molar-refractivity contribution in [1.82, 2.24) is 0 Å². The Morgan fingerprint density at radius 1 is 0.282 bits per heavy atom. The molecular formula is C80H148O5. The number of carbonyl (C=O) groups is 2. The minimum Gasteiger partial charge on any atom is -0.462 e. The summed E-state index contributed by atoms with van der Waals surface area (Å²) in [6.45, 7) is 4.09. The fourth-order valence-corrected chi connectivity index (χ4v) is 11.9. The van der Waals surface area contributed by atoms with Gasteiger partial charge in [-0.05, 0) is 57.8 Å². The van der Waals surface area contributed by atoms with Crippen molar-refractivity contribution in [2.45, 2.75) is 424 Å². The Morgan fingerprint density at radius 3 is 0.765 bits per heavy atom. The van der Waals surface area contributed by atoms with Gasteiger partial charge in [0.25, 0.3) is 0 Å². The molecule has 0 aromatic rings. The van der Waals surface area contributed by atoms with E-state index in [9.17, 15) is 14.7 Å². The molecule has 0 aliphatic carbocycles. The summed E-state index contributed by atoms with van der Waals surface area (Å²) in [5, 5.41) is 9.72. The molecule has 5 nitrogen and oxygen atoms in total. The van der Waals surface area contributed by atoms with Crippen LogP contribution in [0.1, 0.15) is 418 Å². The number of ether oxygens (including phenoxy) is 2. The van der Waals surface area contributed by atoms with E-state index in [1.54, 1.807) is 0 Å². The van der Waals surface area contributed by atoms with Crippen LogP contribution in [0.4, 0.5) is 0 Å². The van der Waals surface area contributed by atoms with Crippen LogP contribution in [0.5, 0.6) is 0 Å². The van der Waals surface area contributed by atoms with Crippen LogP contribution in [-0.2, 0) is 19.1 Å². The molecular weight excluding hydrogens is 1040 g/mol. The summed E-state index contributed by atoms with van der Waals surface area (Å²) in [5.74, 6) is -0.568. The molecule has 498 valence electrons. The fourth-order valence-electron chi connectivity index (χ4n) is 11.9. The van der Waals surface area contributed by atoms with Gasteiger partial charge in [-0.1, -0.05) is 408 Å². The van der Waals surface area contributed by atoms with Crippen molar-refractivity contribution in [2.75, 3.05) is 13.2 Å². The molecule has 1 N–H and O–H groups in total. The molecule has 0 saturated heterocycles. The number of hydrogen-bond donors (Lipinski definition) is 1. The molecule has 0 heterocycles. The maximum absolute atomic E-state index is 12.4. The molecule has 0 saturated carbocycles. The largest absolute Gasteiger partial charge is 0.462 e. The second kappa shape index (κ2) is 75.8. The molecule has 1 unspecified atom stereocenters. The van der Waals surface area contributed by atoms with Gasteiger partial charge in [-0.3, -0.25) is 9.59 Å². The van der Waals surface area contributed by atoms with E-state index in [-0.39, 0.29) is 25.2 Å². The Labute approximate surface area is 531 Å². The number of hydrogen-bond acceptors (Lipinski definition) is 5. The first kappa shape index (κ1) is 82.6. The van der Waals surface area contributed by atoms with E-state index in [1.165, 1.54) is 327 Å². The number of esters is 2. The van der Waals surface area contributed by atoms with Gasteiger partial charge in [0.2, 0.25) is 0 Å². The summed E-state index contributed by atoms with van der Waals surface area (Å²) in [4.78, 5) is 24.7. The highest BCUT2D eigenvalue weighted by Crippen LogP contribution is 2.20. The number of carbonyl (C=O) groups excluding carboxylic acids is 2. The van der Waals surface area contributed by atoms with Gasteiger partial charge in [-0.15, -0.1) is 0 Å². The van der Waals surface area contributed by atoms with Crippen molar-refractivity contribution < 1.29 is 24.2 Å². The third-order valence-corrected chi connectivity index (χ3v) is 17.6. The van der Waals surface area contributed by atoms with Crippen LogP contribution in [-0.4, -0.2) is 36.4 Å². The zero-order valence-corrected chi connectivity index (χ0v) is 57.4. The van der Waals surface area contributed by atoms with Crippen LogP contribution >= 0.6 is 0 Å². The molecule has 0 aromatic carbocycles. The van der Waals surface area contributed by atoms with Gasteiger partial charge >= 0.3 is 11.9 Å². The van der Waals surface area contributed by atoms with Gasteiger partial charge in [0, 0.05) is 12.8 Å². The summed E-state index contributed by atoms with van der Waals surface area (Å²) in [5.41, 5.74) is 0. The van der Waals surface area contributed by atoms with E-state index >= 15 is 0 Å². The van der Waals surface area contributed by atoms with Crippen LogP contribution in [0.2, 0.25) is 0 Å². The lowest BCUT2D eigenvalue weighted by Gasteiger charge is -2.15. The third-order valence-electron chi connectivity index (χ3n) is 17.6. The van der Waals surface area contributed by atoms with Gasteiger partial charge in [0.05, 0.1) is 6.61 Å². The Morgan fingerprint density at radius 2 is 0.506 bits per heavy atom. The average molecular weight is 1190 g/mol. The highest BCUT2D eigenvalue weighted by atomic mass is 16.6. The van der Waals surface area contributed by atoms with Crippen molar-refractivity contribution in [3.63, 3.8) is 0 Å². The topological polar surface area (TPSA) is 72.8 Å².